The molecule has 1 heterocycles. The molecule has 1 aromatic rings. The van der Waals surface area contributed by atoms with E-state index in [1.54, 1.807) is 4.90 Å². The first kappa shape index (κ1) is 15.6. The van der Waals surface area contributed by atoms with Gasteiger partial charge < -0.3 is 10.2 Å². The summed E-state index contributed by atoms with van der Waals surface area (Å²) in [5, 5.41) is 5.17. The van der Waals surface area contributed by atoms with E-state index < -0.39 is 0 Å². The molecule has 19 heavy (non-hydrogen) atoms. The third-order valence-electron chi connectivity index (χ3n) is 2.68. The molecular formula is C13H21N3O2S. The predicted molar refractivity (Wildman–Crippen MR) is 77.3 cm³/mol. The maximum Gasteiger partial charge on any atom is 0.245 e. The monoisotopic (exact) mass is 283 g/mol. The van der Waals surface area contributed by atoms with Gasteiger partial charge in [0.25, 0.3) is 0 Å². The van der Waals surface area contributed by atoms with E-state index in [4.69, 9.17) is 0 Å². The number of hydrogen-bond acceptors (Lipinski definition) is 4. The zero-order chi connectivity index (χ0) is 14.3. The average Bonchev–Trinajstić information content (AvgIpc) is 2.73. The van der Waals surface area contributed by atoms with Crippen LogP contribution in [0.25, 0.3) is 0 Å². The number of carbonyl (C=O) groups is 2. The molecule has 0 aromatic carbocycles. The molecule has 0 fully saturated rings. The number of unbranched alkanes of at least 4 members (excludes halogenated alkanes) is 2. The first-order valence-electron chi connectivity index (χ1n) is 6.50. The standard InChI is InChI=1S/C13H21N3O2S/c1-4-5-6-7-16(11(3)17)8-12(18)15-13-14-10(2)9-19-13/h9H,4-8H2,1-3H3,(H,14,15,18). The van der Waals surface area contributed by atoms with E-state index in [1.807, 2.05) is 12.3 Å². The Hall–Kier alpha value is -1.43. The molecule has 0 bridgehead atoms. The van der Waals surface area contributed by atoms with E-state index in [0.29, 0.717) is 11.7 Å². The molecule has 5 nitrogen and oxygen atoms in total. The molecule has 0 radical (unpaired) electrons. The fourth-order valence-electron chi connectivity index (χ4n) is 1.64. The Kier molecular flexibility index (Phi) is 6.49. The van der Waals surface area contributed by atoms with Gasteiger partial charge >= 0.3 is 0 Å². The summed E-state index contributed by atoms with van der Waals surface area (Å²) in [7, 11) is 0. The number of anilines is 1. The second-order valence-electron chi connectivity index (χ2n) is 4.49. The first-order valence-corrected chi connectivity index (χ1v) is 7.38. The molecule has 0 aliphatic rings. The Labute approximate surface area is 118 Å². The van der Waals surface area contributed by atoms with Crippen LogP contribution < -0.4 is 5.32 Å². The number of amides is 2. The summed E-state index contributed by atoms with van der Waals surface area (Å²) in [4.78, 5) is 29.0. The number of rotatable bonds is 7. The van der Waals surface area contributed by atoms with Crippen LogP contribution in [-0.2, 0) is 9.59 Å². The average molecular weight is 283 g/mol. The summed E-state index contributed by atoms with van der Waals surface area (Å²) in [5.74, 6) is -0.261. The number of hydrogen-bond donors (Lipinski definition) is 1. The fourth-order valence-corrected chi connectivity index (χ4v) is 2.35. The van der Waals surface area contributed by atoms with Crippen LogP contribution in [0.3, 0.4) is 0 Å². The summed E-state index contributed by atoms with van der Waals surface area (Å²) in [5.41, 5.74) is 0.881. The lowest BCUT2D eigenvalue weighted by Crippen LogP contribution is -2.37. The van der Waals surface area contributed by atoms with E-state index in [2.05, 4.69) is 17.2 Å². The van der Waals surface area contributed by atoms with Crippen LogP contribution in [0.4, 0.5) is 5.13 Å². The predicted octanol–water partition coefficient (Wildman–Crippen LogP) is 2.43. The maximum absolute atomic E-state index is 11.8. The number of aryl methyl sites for hydroxylation is 1. The molecule has 1 rings (SSSR count). The van der Waals surface area contributed by atoms with Crippen molar-refractivity contribution in [2.75, 3.05) is 18.4 Å². The molecule has 0 spiro atoms. The van der Waals surface area contributed by atoms with Crippen molar-refractivity contribution in [3.05, 3.63) is 11.1 Å². The molecule has 0 unspecified atom stereocenters. The SMILES string of the molecule is CCCCCN(CC(=O)Nc1nc(C)cs1)C(C)=O. The quantitative estimate of drug-likeness (QED) is 0.782. The van der Waals surface area contributed by atoms with Crippen LogP contribution in [0.5, 0.6) is 0 Å². The smallest absolute Gasteiger partial charge is 0.245 e. The highest BCUT2D eigenvalue weighted by atomic mass is 32.1. The summed E-state index contributed by atoms with van der Waals surface area (Å²) in [6.07, 6.45) is 3.09. The zero-order valence-electron chi connectivity index (χ0n) is 11.7. The molecular weight excluding hydrogens is 262 g/mol. The highest BCUT2D eigenvalue weighted by molar-refractivity contribution is 7.13. The van der Waals surface area contributed by atoms with Gasteiger partial charge in [-0.2, -0.15) is 0 Å². The summed E-state index contributed by atoms with van der Waals surface area (Å²) < 4.78 is 0. The number of nitrogens with one attached hydrogen (secondary N) is 1. The second kappa shape index (κ2) is 7.89. The molecule has 6 heteroatoms. The Morgan fingerprint density at radius 3 is 2.68 bits per heavy atom. The molecule has 1 N–H and O–H groups in total. The molecule has 0 aliphatic heterocycles. The van der Waals surface area contributed by atoms with Crippen LogP contribution in [0.2, 0.25) is 0 Å². The molecule has 0 atom stereocenters. The third kappa shape index (κ3) is 5.83. The third-order valence-corrected chi connectivity index (χ3v) is 3.55. The minimum absolute atomic E-state index is 0.0680. The van der Waals surface area contributed by atoms with Gasteiger partial charge in [0.05, 0.1) is 12.2 Å². The Bertz CT molecular complexity index is 431. The number of thiazole rings is 1. The summed E-state index contributed by atoms with van der Waals surface area (Å²) in [6.45, 7) is 6.20. The lowest BCUT2D eigenvalue weighted by Gasteiger charge is -2.19. The van der Waals surface area contributed by atoms with Gasteiger partial charge in [0.1, 0.15) is 0 Å². The van der Waals surface area contributed by atoms with Crippen molar-refractivity contribution in [3.63, 3.8) is 0 Å². The lowest BCUT2D eigenvalue weighted by molar-refractivity contribution is -0.132. The van der Waals surface area contributed by atoms with E-state index in [1.165, 1.54) is 18.3 Å². The van der Waals surface area contributed by atoms with Crippen LogP contribution in [0.1, 0.15) is 38.8 Å². The van der Waals surface area contributed by atoms with Crippen molar-refractivity contribution < 1.29 is 9.59 Å². The van der Waals surface area contributed by atoms with Crippen molar-refractivity contribution in [1.29, 1.82) is 0 Å². The van der Waals surface area contributed by atoms with Gasteiger partial charge in [-0.1, -0.05) is 19.8 Å². The molecule has 2 amide bonds. The van der Waals surface area contributed by atoms with Gasteiger partial charge in [-0.15, -0.1) is 11.3 Å². The Morgan fingerprint density at radius 1 is 1.42 bits per heavy atom. The first-order chi connectivity index (χ1) is 9.02. The number of carbonyl (C=O) groups excluding carboxylic acids is 2. The van der Waals surface area contributed by atoms with Gasteiger partial charge in [0.15, 0.2) is 5.13 Å². The van der Waals surface area contributed by atoms with Crippen LogP contribution in [0.15, 0.2) is 5.38 Å². The van der Waals surface area contributed by atoms with Gasteiger partial charge in [-0.05, 0) is 13.3 Å². The van der Waals surface area contributed by atoms with Crippen molar-refractivity contribution in [1.82, 2.24) is 9.88 Å². The lowest BCUT2D eigenvalue weighted by atomic mass is 10.2. The minimum Gasteiger partial charge on any atom is -0.334 e. The summed E-state index contributed by atoms with van der Waals surface area (Å²) in [6, 6.07) is 0. The van der Waals surface area contributed by atoms with Gasteiger partial charge in [0.2, 0.25) is 11.8 Å². The normalized spacial score (nSPS) is 10.3. The number of aromatic nitrogens is 1. The van der Waals surface area contributed by atoms with Crippen molar-refractivity contribution in [2.24, 2.45) is 0 Å². The van der Waals surface area contributed by atoms with Crippen LogP contribution >= 0.6 is 11.3 Å². The topological polar surface area (TPSA) is 62.3 Å². The zero-order valence-corrected chi connectivity index (χ0v) is 12.5. The second-order valence-corrected chi connectivity index (χ2v) is 5.35. The van der Waals surface area contributed by atoms with Gasteiger partial charge in [0, 0.05) is 18.8 Å². The van der Waals surface area contributed by atoms with E-state index in [0.717, 1.165) is 25.0 Å². The highest BCUT2D eigenvalue weighted by Crippen LogP contribution is 2.14. The van der Waals surface area contributed by atoms with Crippen molar-refractivity contribution in [2.45, 2.75) is 40.0 Å². The van der Waals surface area contributed by atoms with Crippen LogP contribution in [0, 0.1) is 6.92 Å². The van der Waals surface area contributed by atoms with Crippen LogP contribution in [-0.4, -0.2) is 34.8 Å². The highest BCUT2D eigenvalue weighted by Gasteiger charge is 2.14. The van der Waals surface area contributed by atoms with E-state index in [-0.39, 0.29) is 18.4 Å². The van der Waals surface area contributed by atoms with Crippen molar-refractivity contribution >= 4 is 28.3 Å². The maximum atomic E-state index is 11.8. The Balaban J connectivity index is 2.44. The molecule has 106 valence electrons. The molecule has 0 saturated carbocycles. The van der Waals surface area contributed by atoms with Gasteiger partial charge in [-0.25, -0.2) is 4.98 Å². The van der Waals surface area contributed by atoms with E-state index in [9.17, 15) is 9.59 Å². The van der Waals surface area contributed by atoms with E-state index >= 15 is 0 Å². The molecule has 0 saturated heterocycles. The molecule has 1 aromatic heterocycles. The van der Waals surface area contributed by atoms with Crippen molar-refractivity contribution in [3.8, 4) is 0 Å². The summed E-state index contributed by atoms with van der Waals surface area (Å²) >= 11 is 1.39. The molecule has 0 aliphatic carbocycles. The fraction of sp³-hybridized carbons (Fsp3) is 0.615. The Morgan fingerprint density at radius 2 is 2.16 bits per heavy atom. The minimum atomic E-state index is -0.193. The largest absolute Gasteiger partial charge is 0.334 e. The number of nitrogens with zero attached hydrogens (tertiary/aromatic N) is 2. The van der Waals surface area contributed by atoms with Gasteiger partial charge in [-0.3, -0.25) is 9.59 Å².